The first-order valence-electron chi connectivity index (χ1n) is 42.7. The summed E-state index contributed by atoms with van der Waals surface area (Å²) in [6, 6.07) is -0.996. The van der Waals surface area contributed by atoms with Gasteiger partial charge in [-0.05, 0) is 44.9 Å². The summed E-state index contributed by atoms with van der Waals surface area (Å²) in [5.41, 5.74) is 0. The Kier molecular flexibility index (Phi) is 59.9. The Morgan fingerprint density at radius 3 is 0.971 bits per heavy atom. The predicted molar refractivity (Wildman–Crippen MR) is 411 cm³/mol. The van der Waals surface area contributed by atoms with E-state index >= 15 is 0 Å². The van der Waals surface area contributed by atoms with Crippen LogP contribution < -0.4 is 5.32 Å². The molecule has 3 aliphatic heterocycles. The average molecular weight is 1470 g/mol. The number of carbonyl (C=O) groups excluding carboxylic acids is 1. The summed E-state index contributed by atoms with van der Waals surface area (Å²) in [6.07, 6.45) is 54.4. The molecular weight excluding hydrogens is 1310 g/mol. The van der Waals surface area contributed by atoms with Gasteiger partial charge in [0.05, 0.1) is 38.6 Å². The third-order valence-electron chi connectivity index (χ3n) is 21.4. The average Bonchev–Trinajstić information content (AvgIpc) is 0.781. The van der Waals surface area contributed by atoms with Crippen LogP contribution >= 0.6 is 0 Å². The summed E-state index contributed by atoms with van der Waals surface area (Å²) in [5, 5.41) is 121. The molecule has 0 aliphatic carbocycles. The Labute approximate surface area is 625 Å². The topological polar surface area (TPSA) is 307 Å². The zero-order valence-corrected chi connectivity index (χ0v) is 65.1. The van der Waals surface area contributed by atoms with E-state index in [1.165, 1.54) is 283 Å². The highest BCUT2D eigenvalue weighted by Crippen LogP contribution is 2.33. The molecule has 17 atom stereocenters. The molecule has 17 unspecified atom stereocenters. The van der Waals surface area contributed by atoms with Crippen LogP contribution in [0.5, 0.6) is 0 Å². The maximum atomic E-state index is 13.5. The van der Waals surface area contributed by atoms with Crippen molar-refractivity contribution < 1.29 is 89.4 Å². The monoisotopic (exact) mass is 1470 g/mol. The number of nitrogens with one attached hydrogen (secondary N) is 1. The second-order valence-electron chi connectivity index (χ2n) is 30.6. The normalized spacial score (nSPS) is 26.2. The number of amides is 1. The molecule has 0 aromatic heterocycles. The number of allylic oxidation sites excluding steroid dienone is 5. The molecule has 103 heavy (non-hydrogen) atoms. The first kappa shape index (κ1) is 95.2. The van der Waals surface area contributed by atoms with E-state index < -0.39 is 124 Å². The number of aliphatic hydroxyl groups is 11. The number of hydrogen-bond donors (Lipinski definition) is 12. The summed E-state index contributed by atoms with van der Waals surface area (Å²) >= 11 is 0. The standard InChI is InChI=1S/C84H157NO18/c1-3-5-7-9-11-13-15-17-19-21-23-25-27-29-31-32-33-34-35-36-38-40-42-44-46-48-50-52-54-56-58-60-62-72(90)85-67(68(89)61-59-57-55-53-51-49-47-45-43-41-39-37-30-28-26-24-22-20-18-16-14-12-10-8-6-4-2)66-98-82-78(96)75(93)80(70(64-87)100-82)103-84-79(97)76(94)81(71(65-88)101-84)102-83-77(95)74(92)73(91)69(63-86)99-83/h43,45,51,53,59,61,67-71,73-84,86-89,91-97H,3-42,44,46-50,52,54-58,60,62-66H2,1-2H3,(H,85,90)/b45-43+,53-51+,61-59+. The molecule has 3 fully saturated rings. The van der Waals surface area contributed by atoms with E-state index in [1.807, 2.05) is 6.08 Å². The Morgan fingerprint density at radius 2 is 0.621 bits per heavy atom. The molecule has 0 aromatic carbocycles. The van der Waals surface area contributed by atoms with Gasteiger partial charge in [-0.25, -0.2) is 0 Å². The van der Waals surface area contributed by atoms with Crippen LogP contribution in [0.25, 0.3) is 0 Å². The fraction of sp³-hybridized carbons (Fsp3) is 0.917. The predicted octanol–water partition coefficient (Wildman–Crippen LogP) is 15.1. The van der Waals surface area contributed by atoms with Crippen molar-refractivity contribution in [2.75, 3.05) is 26.4 Å². The molecule has 3 rings (SSSR count). The van der Waals surface area contributed by atoms with Crippen LogP contribution in [0.1, 0.15) is 361 Å². The molecule has 606 valence electrons. The van der Waals surface area contributed by atoms with Crippen LogP contribution in [0.2, 0.25) is 0 Å². The Hall–Kier alpha value is -1.99. The molecule has 0 saturated carbocycles. The molecular formula is C84H157NO18. The van der Waals surface area contributed by atoms with Crippen LogP contribution in [-0.2, 0) is 33.2 Å². The lowest BCUT2D eigenvalue weighted by molar-refractivity contribution is -0.379. The van der Waals surface area contributed by atoms with Crippen molar-refractivity contribution in [1.82, 2.24) is 5.32 Å². The summed E-state index contributed by atoms with van der Waals surface area (Å²) in [6.45, 7) is 1.77. The number of unbranched alkanes of at least 4 members (excludes halogenated alkanes) is 49. The Bertz CT molecular complexity index is 2000. The molecule has 3 aliphatic rings. The number of carbonyl (C=O) groups is 1. The Balaban J connectivity index is 1.36. The van der Waals surface area contributed by atoms with Gasteiger partial charge in [-0.1, -0.05) is 346 Å². The number of ether oxygens (including phenoxy) is 6. The van der Waals surface area contributed by atoms with Gasteiger partial charge >= 0.3 is 0 Å². The van der Waals surface area contributed by atoms with Crippen molar-refractivity contribution in [3.63, 3.8) is 0 Å². The largest absolute Gasteiger partial charge is 0.394 e. The minimum Gasteiger partial charge on any atom is -0.394 e. The molecule has 12 N–H and O–H groups in total. The highest BCUT2D eigenvalue weighted by molar-refractivity contribution is 5.76. The van der Waals surface area contributed by atoms with Crippen molar-refractivity contribution in [2.45, 2.75) is 465 Å². The van der Waals surface area contributed by atoms with E-state index in [0.29, 0.717) is 12.8 Å². The highest BCUT2D eigenvalue weighted by atomic mass is 16.8. The van der Waals surface area contributed by atoms with Crippen molar-refractivity contribution in [3.8, 4) is 0 Å². The van der Waals surface area contributed by atoms with Gasteiger partial charge in [-0.3, -0.25) is 4.79 Å². The van der Waals surface area contributed by atoms with Gasteiger partial charge in [-0.15, -0.1) is 0 Å². The highest BCUT2D eigenvalue weighted by Gasteiger charge is 2.54. The van der Waals surface area contributed by atoms with Crippen molar-refractivity contribution in [1.29, 1.82) is 0 Å². The quantitative estimate of drug-likeness (QED) is 0.0199. The second-order valence-corrected chi connectivity index (χ2v) is 30.6. The maximum Gasteiger partial charge on any atom is 0.220 e. The lowest BCUT2D eigenvalue weighted by Gasteiger charge is -2.48. The van der Waals surface area contributed by atoms with Gasteiger partial charge in [0, 0.05) is 6.42 Å². The molecule has 0 aromatic rings. The van der Waals surface area contributed by atoms with Crippen molar-refractivity contribution in [2.24, 2.45) is 0 Å². The molecule has 19 heteroatoms. The maximum absolute atomic E-state index is 13.5. The molecule has 1 amide bonds. The first-order valence-corrected chi connectivity index (χ1v) is 42.7. The van der Waals surface area contributed by atoms with Crippen LogP contribution in [-0.4, -0.2) is 193 Å². The smallest absolute Gasteiger partial charge is 0.220 e. The van der Waals surface area contributed by atoms with E-state index in [-0.39, 0.29) is 18.9 Å². The van der Waals surface area contributed by atoms with Crippen LogP contribution in [0.15, 0.2) is 36.5 Å². The van der Waals surface area contributed by atoms with E-state index in [2.05, 4.69) is 43.5 Å². The SMILES string of the molecule is CCCCCCCCCCCCCCCCCC/C=C/CC/C=C/CC/C=C/C(O)C(COC1OC(CO)C(OC2OC(CO)C(OC3OC(CO)C(O)C(O)C3O)C(O)C2O)C(O)C1O)NC(=O)CCCCCCCCCCCCCCCCCCCCCCCCCCCCCCCCCC. The summed E-state index contributed by atoms with van der Waals surface area (Å²) < 4.78 is 34.5. The van der Waals surface area contributed by atoms with E-state index in [1.54, 1.807) is 6.08 Å². The number of rotatable bonds is 69. The fourth-order valence-electron chi connectivity index (χ4n) is 14.6. The third kappa shape index (κ3) is 44.5. The summed E-state index contributed by atoms with van der Waals surface area (Å²) in [5.74, 6) is -0.282. The van der Waals surface area contributed by atoms with Gasteiger partial charge in [0.25, 0.3) is 0 Å². The molecule has 19 nitrogen and oxygen atoms in total. The van der Waals surface area contributed by atoms with Crippen LogP contribution in [0.3, 0.4) is 0 Å². The second kappa shape index (κ2) is 64.8. The molecule has 3 heterocycles. The van der Waals surface area contributed by atoms with Gasteiger partial charge < -0.3 is 89.9 Å². The Morgan fingerprint density at radius 1 is 0.340 bits per heavy atom. The summed E-state index contributed by atoms with van der Waals surface area (Å²) in [4.78, 5) is 13.5. The molecule has 0 radical (unpaired) electrons. The van der Waals surface area contributed by atoms with Crippen LogP contribution in [0, 0.1) is 0 Å². The minimum absolute atomic E-state index is 0.237. The fourth-order valence-corrected chi connectivity index (χ4v) is 14.6. The van der Waals surface area contributed by atoms with Gasteiger partial charge in [-0.2, -0.15) is 0 Å². The molecule has 0 spiro atoms. The third-order valence-corrected chi connectivity index (χ3v) is 21.4. The van der Waals surface area contributed by atoms with Gasteiger partial charge in [0.2, 0.25) is 5.91 Å². The van der Waals surface area contributed by atoms with E-state index in [9.17, 15) is 61.0 Å². The lowest BCUT2D eigenvalue weighted by Crippen LogP contribution is -2.66. The molecule has 3 saturated heterocycles. The van der Waals surface area contributed by atoms with Gasteiger partial charge in [0.15, 0.2) is 18.9 Å². The van der Waals surface area contributed by atoms with Crippen LogP contribution in [0.4, 0.5) is 0 Å². The zero-order chi connectivity index (χ0) is 74.6. The van der Waals surface area contributed by atoms with Crippen molar-refractivity contribution >= 4 is 5.91 Å². The van der Waals surface area contributed by atoms with E-state index in [4.69, 9.17) is 28.4 Å². The zero-order valence-electron chi connectivity index (χ0n) is 65.1. The van der Waals surface area contributed by atoms with Crippen molar-refractivity contribution in [3.05, 3.63) is 36.5 Å². The number of aliphatic hydroxyl groups excluding tert-OH is 11. The molecule has 0 bridgehead atoms. The number of hydrogen-bond acceptors (Lipinski definition) is 18. The summed E-state index contributed by atoms with van der Waals surface area (Å²) in [7, 11) is 0. The van der Waals surface area contributed by atoms with E-state index in [0.717, 1.165) is 44.9 Å². The first-order chi connectivity index (χ1) is 50.3. The lowest BCUT2D eigenvalue weighted by atomic mass is 9.96. The minimum atomic E-state index is -1.98. The van der Waals surface area contributed by atoms with Gasteiger partial charge in [0.1, 0.15) is 73.2 Å².